The zero-order valence-electron chi connectivity index (χ0n) is 19.8. The Morgan fingerprint density at radius 2 is 1.57 bits per heavy atom. The van der Waals surface area contributed by atoms with Crippen LogP contribution in [-0.4, -0.2) is 30.6 Å². The maximum atomic E-state index is 13.2. The lowest BCUT2D eigenvalue weighted by Gasteiger charge is -2.42. The van der Waals surface area contributed by atoms with Crippen molar-refractivity contribution in [3.05, 3.63) is 79.5 Å². The molecule has 3 aliphatic rings. The van der Waals surface area contributed by atoms with Gasteiger partial charge in [0.15, 0.2) is 23.1 Å². The number of ether oxygens (including phenoxy) is 2. The molecule has 2 aromatic carbocycles. The minimum Gasteiger partial charge on any atom is -0.493 e. The summed E-state index contributed by atoms with van der Waals surface area (Å²) in [5.41, 5.74) is 5.32. The highest BCUT2D eigenvalue weighted by Gasteiger charge is 2.42. The number of Topliss-reactive ketones (excluding diaryl/α,β-unsaturated/α-hetero) is 2. The van der Waals surface area contributed by atoms with Crippen LogP contribution >= 0.6 is 22.6 Å². The number of allylic oxidation sites excluding steroid dienone is 4. The molecule has 0 saturated carbocycles. The van der Waals surface area contributed by atoms with Crippen molar-refractivity contribution in [1.82, 2.24) is 4.90 Å². The van der Waals surface area contributed by atoms with Crippen molar-refractivity contribution in [2.45, 2.75) is 51.0 Å². The van der Waals surface area contributed by atoms with Gasteiger partial charge in [0.05, 0.1) is 10.7 Å². The molecule has 0 saturated heterocycles. The van der Waals surface area contributed by atoms with E-state index >= 15 is 0 Å². The molecule has 0 aromatic heterocycles. The molecule has 7 heteroatoms. The van der Waals surface area contributed by atoms with Gasteiger partial charge < -0.3 is 14.4 Å². The van der Waals surface area contributed by atoms with E-state index in [-0.39, 0.29) is 29.9 Å². The summed E-state index contributed by atoms with van der Waals surface area (Å²) in [5, 5.41) is 0. The van der Waals surface area contributed by atoms with Crippen molar-refractivity contribution in [3.63, 3.8) is 0 Å². The zero-order chi connectivity index (χ0) is 24.7. The number of nitrogens with zero attached hydrogens (tertiary/aromatic N) is 1. The van der Waals surface area contributed by atoms with Gasteiger partial charge in [-0.05, 0) is 83.7 Å². The van der Waals surface area contributed by atoms with Crippen LogP contribution in [0, 0.1) is 9.39 Å². The number of hydrogen-bond donors (Lipinski definition) is 0. The van der Waals surface area contributed by atoms with Gasteiger partial charge in [-0.3, -0.25) is 9.59 Å². The van der Waals surface area contributed by atoms with E-state index in [2.05, 4.69) is 27.5 Å². The molecule has 0 unspecified atom stereocenters. The molecule has 0 atom stereocenters. The van der Waals surface area contributed by atoms with Crippen molar-refractivity contribution in [2.75, 3.05) is 14.2 Å². The van der Waals surface area contributed by atoms with Crippen LogP contribution in [0.5, 0.6) is 11.5 Å². The van der Waals surface area contributed by atoms with E-state index in [0.29, 0.717) is 24.3 Å². The van der Waals surface area contributed by atoms with Gasteiger partial charge in [0, 0.05) is 48.3 Å². The van der Waals surface area contributed by atoms with Gasteiger partial charge >= 0.3 is 0 Å². The molecule has 1 aliphatic heterocycles. The second-order valence-electron chi connectivity index (χ2n) is 9.22. The van der Waals surface area contributed by atoms with Crippen molar-refractivity contribution >= 4 is 34.2 Å². The number of hydrogen-bond acceptors (Lipinski definition) is 5. The largest absolute Gasteiger partial charge is 0.493 e. The van der Waals surface area contributed by atoms with Crippen LogP contribution in [-0.2, 0) is 16.2 Å². The van der Waals surface area contributed by atoms with Crippen LogP contribution in [0.4, 0.5) is 4.39 Å². The molecular weight excluding hydrogens is 560 g/mol. The lowest BCUT2D eigenvalue weighted by molar-refractivity contribution is -0.117. The second-order valence-corrected chi connectivity index (χ2v) is 10.4. The molecule has 0 spiro atoms. The minimum absolute atomic E-state index is 0.124. The topological polar surface area (TPSA) is 55.8 Å². The SMILES string of the molecule is COc1cc(C2C3=C(CCCC3=O)N(C)C3=C2C(=O)CCC3)cc(I)c1OCc1ccc(F)cc1. The molecular formula is C28H27FINO4. The summed E-state index contributed by atoms with van der Waals surface area (Å²) < 4.78 is 25.9. The maximum absolute atomic E-state index is 13.2. The fourth-order valence-corrected chi connectivity index (χ4v) is 6.25. The number of carbonyl (C=O) groups excluding carboxylic acids is 2. The number of benzene rings is 2. The summed E-state index contributed by atoms with van der Waals surface area (Å²) in [7, 11) is 3.58. The van der Waals surface area contributed by atoms with E-state index in [4.69, 9.17) is 9.47 Å². The first-order chi connectivity index (χ1) is 16.9. The quantitative estimate of drug-likeness (QED) is 0.399. The third kappa shape index (κ3) is 4.39. The molecule has 2 aliphatic carbocycles. The zero-order valence-corrected chi connectivity index (χ0v) is 22.0. The van der Waals surface area contributed by atoms with Crippen molar-refractivity contribution in [3.8, 4) is 11.5 Å². The highest BCUT2D eigenvalue weighted by Crippen LogP contribution is 2.50. The van der Waals surface area contributed by atoms with E-state index in [1.165, 1.54) is 12.1 Å². The molecule has 0 bridgehead atoms. The van der Waals surface area contributed by atoms with Gasteiger partial charge in [0.1, 0.15) is 12.4 Å². The Hall–Kier alpha value is -2.68. The summed E-state index contributed by atoms with van der Waals surface area (Å²) in [4.78, 5) is 28.6. The molecule has 0 fully saturated rings. The number of halogens is 2. The smallest absolute Gasteiger partial charge is 0.174 e. The fraction of sp³-hybridized carbons (Fsp3) is 0.357. The summed E-state index contributed by atoms with van der Waals surface area (Å²) >= 11 is 2.21. The van der Waals surface area contributed by atoms with E-state index in [0.717, 1.165) is 62.9 Å². The number of rotatable bonds is 5. The number of ketones is 2. The van der Waals surface area contributed by atoms with Gasteiger partial charge in [-0.2, -0.15) is 0 Å². The third-order valence-electron chi connectivity index (χ3n) is 7.13. The molecule has 0 radical (unpaired) electrons. The van der Waals surface area contributed by atoms with Crippen molar-refractivity contribution in [1.29, 1.82) is 0 Å². The minimum atomic E-state index is -0.384. The van der Waals surface area contributed by atoms with Crippen molar-refractivity contribution < 1.29 is 23.5 Å². The van der Waals surface area contributed by atoms with Crippen molar-refractivity contribution in [2.24, 2.45) is 0 Å². The average Bonchev–Trinajstić information content (AvgIpc) is 2.85. The number of methoxy groups -OCH3 is 1. The first kappa shape index (κ1) is 24.0. The summed E-state index contributed by atoms with van der Waals surface area (Å²) in [6.07, 6.45) is 4.36. The van der Waals surface area contributed by atoms with Gasteiger partial charge in [-0.1, -0.05) is 12.1 Å². The van der Waals surface area contributed by atoms with Crippen LogP contribution < -0.4 is 9.47 Å². The van der Waals surface area contributed by atoms with Gasteiger partial charge in [0.2, 0.25) is 0 Å². The molecule has 5 nitrogen and oxygen atoms in total. The predicted molar refractivity (Wildman–Crippen MR) is 139 cm³/mol. The molecule has 2 aromatic rings. The van der Waals surface area contributed by atoms with Crippen LogP contribution in [0.3, 0.4) is 0 Å². The Morgan fingerprint density at radius 1 is 0.971 bits per heavy atom. The van der Waals surface area contributed by atoms with E-state index in [1.807, 2.05) is 19.2 Å². The summed E-state index contributed by atoms with van der Waals surface area (Å²) in [6.45, 7) is 0.266. The molecule has 182 valence electrons. The van der Waals surface area contributed by atoms with E-state index < -0.39 is 0 Å². The van der Waals surface area contributed by atoms with Crippen LogP contribution in [0.15, 0.2) is 58.9 Å². The first-order valence-electron chi connectivity index (χ1n) is 11.9. The molecule has 5 rings (SSSR count). The lowest BCUT2D eigenvalue weighted by atomic mass is 9.71. The van der Waals surface area contributed by atoms with Gasteiger partial charge in [-0.15, -0.1) is 0 Å². The monoisotopic (exact) mass is 587 g/mol. The van der Waals surface area contributed by atoms with Crippen LogP contribution in [0.1, 0.15) is 55.6 Å². The predicted octanol–water partition coefficient (Wildman–Crippen LogP) is 6.06. The molecule has 1 heterocycles. The first-order valence-corrected chi connectivity index (χ1v) is 13.0. The summed E-state index contributed by atoms with van der Waals surface area (Å²) in [5.74, 6) is 0.703. The fourth-order valence-electron chi connectivity index (χ4n) is 5.47. The molecule has 35 heavy (non-hydrogen) atoms. The highest BCUT2D eigenvalue weighted by molar-refractivity contribution is 14.1. The summed E-state index contributed by atoms with van der Waals surface area (Å²) in [6, 6.07) is 10.1. The van der Waals surface area contributed by atoms with Crippen LogP contribution in [0.25, 0.3) is 0 Å². The van der Waals surface area contributed by atoms with Gasteiger partial charge in [-0.25, -0.2) is 4.39 Å². The maximum Gasteiger partial charge on any atom is 0.174 e. The van der Waals surface area contributed by atoms with E-state index in [9.17, 15) is 14.0 Å². The van der Waals surface area contributed by atoms with Crippen LogP contribution in [0.2, 0.25) is 0 Å². The Kier molecular flexibility index (Phi) is 6.70. The Balaban J connectivity index is 1.57. The standard InChI is InChI=1S/C28H27FINO4/c1-31-20-5-3-7-22(32)26(20)25(27-21(31)6-4-8-23(27)33)17-13-19(30)28(24(14-17)34-2)35-15-16-9-11-18(29)12-10-16/h9-14,25H,3-8,15H2,1-2H3. The van der Waals surface area contributed by atoms with E-state index in [1.54, 1.807) is 19.2 Å². The van der Waals surface area contributed by atoms with Gasteiger partial charge in [0.25, 0.3) is 0 Å². The second kappa shape index (κ2) is 9.76. The Labute approximate surface area is 218 Å². The Morgan fingerprint density at radius 3 is 2.14 bits per heavy atom. The normalized spacial score (nSPS) is 18.6. The lowest BCUT2D eigenvalue weighted by Crippen LogP contribution is -2.37. The average molecular weight is 587 g/mol. The third-order valence-corrected chi connectivity index (χ3v) is 7.93. The number of carbonyl (C=O) groups is 2. The molecule has 0 N–H and O–H groups in total. The molecule has 0 amide bonds. The highest BCUT2D eigenvalue weighted by atomic mass is 127. The Bertz CT molecular complexity index is 1220.